The van der Waals surface area contributed by atoms with E-state index in [4.69, 9.17) is 4.74 Å². The maximum atomic E-state index is 12.6. The summed E-state index contributed by atoms with van der Waals surface area (Å²) in [6.45, 7) is 1.94. The largest absolute Gasteiger partial charge is 0.480 e. The average molecular weight is 437 g/mol. The van der Waals surface area contributed by atoms with Crippen molar-refractivity contribution >= 4 is 18.0 Å². The highest BCUT2D eigenvalue weighted by molar-refractivity contribution is 5.85. The van der Waals surface area contributed by atoms with Crippen molar-refractivity contribution in [2.24, 2.45) is 0 Å². The van der Waals surface area contributed by atoms with Crippen LogP contribution >= 0.6 is 0 Å². The molecule has 0 bridgehead atoms. The lowest BCUT2D eigenvalue weighted by atomic mass is 9.98. The van der Waals surface area contributed by atoms with Gasteiger partial charge in [-0.25, -0.2) is 9.59 Å². The molecule has 0 heterocycles. The molecule has 1 fully saturated rings. The highest BCUT2D eigenvalue weighted by Gasteiger charge is 2.47. The van der Waals surface area contributed by atoms with Crippen molar-refractivity contribution in [1.29, 1.82) is 0 Å². The molecule has 7 nitrogen and oxygen atoms in total. The lowest BCUT2D eigenvalue weighted by Crippen LogP contribution is -2.46. The van der Waals surface area contributed by atoms with E-state index in [1.54, 1.807) is 6.92 Å². The molecule has 7 heteroatoms. The van der Waals surface area contributed by atoms with Crippen LogP contribution in [0.25, 0.3) is 11.1 Å². The van der Waals surface area contributed by atoms with Gasteiger partial charge in [0.15, 0.2) is 0 Å². The van der Waals surface area contributed by atoms with E-state index in [1.807, 2.05) is 24.3 Å². The van der Waals surface area contributed by atoms with Crippen LogP contribution in [0, 0.1) is 0 Å². The van der Waals surface area contributed by atoms with Crippen molar-refractivity contribution in [3.8, 4) is 11.1 Å². The van der Waals surface area contributed by atoms with Gasteiger partial charge < -0.3 is 20.1 Å². The monoisotopic (exact) mass is 436 g/mol. The highest BCUT2D eigenvalue weighted by atomic mass is 16.5. The first kappa shape index (κ1) is 21.9. The Labute approximate surface area is 187 Å². The quantitative estimate of drug-likeness (QED) is 0.657. The zero-order chi connectivity index (χ0) is 22.9. The van der Waals surface area contributed by atoms with Gasteiger partial charge in [-0.05, 0) is 41.5 Å². The van der Waals surface area contributed by atoms with Gasteiger partial charge in [-0.2, -0.15) is 0 Å². The Bertz CT molecular complexity index is 1000. The Balaban J connectivity index is 1.37. The normalized spacial score (nSPS) is 16.4. The lowest BCUT2D eigenvalue weighted by molar-refractivity contribution is -0.149. The Morgan fingerprint density at radius 2 is 1.66 bits per heavy atom. The molecule has 0 saturated heterocycles. The molecular formula is C25H28N2O5. The predicted octanol–water partition coefficient (Wildman–Crippen LogP) is 3.77. The molecule has 1 unspecified atom stereocenters. The van der Waals surface area contributed by atoms with Crippen LogP contribution in [0.1, 0.15) is 49.7 Å². The van der Waals surface area contributed by atoms with Crippen LogP contribution in [0.15, 0.2) is 48.5 Å². The van der Waals surface area contributed by atoms with E-state index in [-0.39, 0.29) is 24.9 Å². The summed E-state index contributed by atoms with van der Waals surface area (Å²) in [7, 11) is 1.49. The minimum atomic E-state index is -1.03. The number of nitrogens with zero attached hydrogens (tertiary/aromatic N) is 1. The third-order valence-electron chi connectivity index (χ3n) is 6.59. The van der Waals surface area contributed by atoms with E-state index >= 15 is 0 Å². The van der Waals surface area contributed by atoms with Gasteiger partial charge in [0.05, 0.1) is 12.0 Å². The number of likely N-dealkylation sites (N-methyl/N-ethyl adjacent to an activating group) is 1. The minimum Gasteiger partial charge on any atom is -0.480 e. The molecule has 4 rings (SSSR count). The van der Waals surface area contributed by atoms with Crippen LogP contribution in [0.4, 0.5) is 4.79 Å². The van der Waals surface area contributed by atoms with E-state index in [2.05, 4.69) is 29.6 Å². The standard InChI is InChI=1S/C25H28N2O5/c1-3-21(23(29)30)27(2)22(28)14-25(12-13-25)26-24(31)32-15-20-18-10-6-4-8-16(18)17-9-5-7-11-19(17)20/h4-11,20-21H,3,12-15H2,1-2H3,(H,26,31)(H,29,30). The fourth-order valence-corrected chi connectivity index (χ4v) is 4.55. The summed E-state index contributed by atoms with van der Waals surface area (Å²) in [5.74, 6) is -1.36. The van der Waals surface area contributed by atoms with E-state index in [0.717, 1.165) is 22.3 Å². The Morgan fingerprint density at radius 3 is 2.16 bits per heavy atom. The smallest absolute Gasteiger partial charge is 0.407 e. The van der Waals surface area contributed by atoms with E-state index in [0.29, 0.717) is 19.3 Å². The molecular weight excluding hydrogens is 408 g/mol. The van der Waals surface area contributed by atoms with Gasteiger partial charge in [0, 0.05) is 13.0 Å². The maximum absolute atomic E-state index is 12.6. The summed E-state index contributed by atoms with van der Waals surface area (Å²) in [6.07, 6.45) is 1.17. The summed E-state index contributed by atoms with van der Waals surface area (Å²) in [4.78, 5) is 37.8. The number of carboxylic acids is 1. The first-order valence-electron chi connectivity index (χ1n) is 11.0. The van der Waals surface area contributed by atoms with Crippen molar-refractivity contribution in [1.82, 2.24) is 10.2 Å². The van der Waals surface area contributed by atoms with Gasteiger partial charge in [-0.1, -0.05) is 55.5 Å². The first-order valence-corrected chi connectivity index (χ1v) is 11.0. The summed E-state index contributed by atoms with van der Waals surface area (Å²) >= 11 is 0. The van der Waals surface area contributed by atoms with Crippen molar-refractivity contribution in [2.75, 3.05) is 13.7 Å². The summed E-state index contributed by atoms with van der Waals surface area (Å²) < 4.78 is 5.60. The third kappa shape index (κ3) is 4.20. The second-order valence-electron chi connectivity index (χ2n) is 8.67. The molecule has 32 heavy (non-hydrogen) atoms. The van der Waals surface area contributed by atoms with Gasteiger partial charge in [0.1, 0.15) is 12.6 Å². The van der Waals surface area contributed by atoms with Crippen molar-refractivity contribution in [2.45, 2.75) is 50.1 Å². The fraction of sp³-hybridized carbons (Fsp3) is 0.400. The van der Waals surface area contributed by atoms with Crippen LogP contribution in [0.5, 0.6) is 0 Å². The number of hydrogen-bond acceptors (Lipinski definition) is 4. The zero-order valence-corrected chi connectivity index (χ0v) is 18.3. The predicted molar refractivity (Wildman–Crippen MR) is 119 cm³/mol. The maximum Gasteiger partial charge on any atom is 0.407 e. The first-order chi connectivity index (χ1) is 15.3. The SMILES string of the molecule is CCC(C(=O)O)N(C)C(=O)CC1(NC(=O)OCC2c3ccccc3-c3ccccc32)CC1. The van der Waals surface area contributed by atoms with Crippen LogP contribution in [0.2, 0.25) is 0 Å². The molecule has 1 saturated carbocycles. The van der Waals surface area contributed by atoms with Crippen LogP contribution in [0.3, 0.4) is 0 Å². The van der Waals surface area contributed by atoms with Crippen molar-refractivity contribution in [3.63, 3.8) is 0 Å². The molecule has 2 aliphatic carbocycles. The number of rotatable bonds is 8. The minimum absolute atomic E-state index is 0.0306. The molecule has 168 valence electrons. The number of hydrogen-bond donors (Lipinski definition) is 2. The molecule has 1 atom stereocenters. The van der Waals surface area contributed by atoms with Crippen molar-refractivity contribution < 1.29 is 24.2 Å². The number of aliphatic carboxylic acids is 1. The van der Waals surface area contributed by atoms with Crippen molar-refractivity contribution in [3.05, 3.63) is 59.7 Å². The molecule has 0 radical (unpaired) electrons. The van der Waals surface area contributed by atoms with Gasteiger partial charge in [0.25, 0.3) is 0 Å². The van der Waals surface area contributed by atoms with Crippen LogP contribution in [-0.2, 0) is 14.3 Å². The van der Waals surface area contributed by atoms with Gasteiger partial charge in [-0.3, -0.25) is 4.79 Å². The van der Waals surface area contributed by atoms with Crippen LogP contribution in [-0.4, -0.2) is 53.2 Å². The molecule has 0 spiro atoms. The lowest BCUT2D eigenvalue weighted by Gasteiger charge is -2.26. The number of nitrogens with one attached hydrogen (secondary N) is 1. The van der Waals surface area contributed by atoms with Gasteiger partial charge in [0.2, 0.25) is 5.91 Å². The average Bonchev–Trinajstić information content (AvgIpc) is 3.44. The van der Waals surface area contributed by atoms with E-state index < -0.39 is 23.6 Å². The zero-order valence-electron chi connectivity index (χ0n) is 18.3. The molecule has 0 aliphatic heterocycles. The second kappa shape index (κ2) is 8.65. The van der Waals surface area contributed by atoms with Gasteiger partial charge in [-0.15, -0.1) is 0 Å². The topological polar surface area (TPSA) is 95.9 Å². The molecule has 2 aromatic carbocycles. The van der Waals surface area contributed by atoms with E-state index in [9.17, 15) is 19.5 Å². The number of benzene rings is 2. The number of fused-ring (bicyclic) bond motifs is 3. The number of amides is 2. The molecule has 2 amide bonds. The Hall–Kier alpha value is -3.35. The number of carbonyl (C=O) groups is 3. The fourth-order valence-electron chi connectivity index (χ4n) is 4.55. The third-order valence-corrected chi connectivity index (χ3v) is 6.59. The van der Waals surface area contributed by atoms with E-state index in [1.165, 1.54) is 11.9 Å². The van der Waals surface area contributed by atoms with Crippen LogP contribution < -0.4 is 5.32 Å². The summed E-state index contributed by atoms with van der Waals surface area (Å²) in [5, 5.41) is 12.1. The Kier molecular flexibility index (Phi) is 5.91. The Morgan fingerprint density at radius 1 is 1.09 bits per heavy atom. The second-order valence-corrected chi connectivity index (χ2v) is 8.67. The number of carbonyl (C=O) groups excluding carboxylic acids is 2. The number of alkyl carbamates (subject to hydrolysis) is 1. The molecule has 2 N–H and O–H groups in total. The highest BCUT2D eigenvalue weighted by Crippen LogP contribution is 2.44. The number of carboxylic acid groups (broad SMARTS) is 1. The van der Waals surface area contributed by atoms with Gasteiger partial charge >= 0.3 is 12.1 Å². The summed E-state index contributed by atoms with van der Waals surface area (Å²) in [6, 6.07) is 15.4. The molecule has 2 aliphatic rings. The summed E-state index contributed by atoms with van der Waals surface area (Å²) in [5.41, 5.74) is 3.95. The molecule has 0 aromatic heterocycles. The number of ether oxygens (including phenoxy) is 1. The molecule has 2 aromatic rings.